The van der Waals surface area contributed by atoms with Crippen molar-refractivity contribution in [3.8, 4) is 6.07 Å². The van der Waals surface area contributed by atoms with E-state index in [1.54, 1.807) is 12.3 Å². The Bertz CT molecular complexity index is 1070. The van der Waals surface area contributed by atoms with Crippen LogP contribution in [0.2, 0.25) is 0 Å². The van der Waals surface area contributed by atoms with E-state index >= 15 is 0 Å². The predicted molar refractivity (Wildman–Crippen MR) is 116 cm³/mol. The average Bonchev–Trinajstić information content (AvgIpc) is 2.80. The van der Waals surface area contributed by atoms with Gasteiger partial charge in [0.2, 0.25) is 0 Å². The fourth-order valence-electron chi connectivity index (χ4n) is 3.97. The minimum absolute atomic E-state index is 0.0331. The Balaban J connectivity index is 1.55. The zero-order valence-electron chi connectivity index (χ0n) is 16.6. The number of benzene rings is 2. The van der Waals surface area contributed by atoms with Gasteiger partial charge in [-0.3, -0.25) is 14.7 Å². The molecule has 1 aliphatic rings. The number of piperazine rings is 1. The summed E-state index contributed by atoms with van der Waals surface area (Å²) in [7, 11) is 0. The average molecular weight is 397 g/mol. The van der Waals surface area contributed by atoms with E-state index in [9.17, 15) is 10.1 Å². The molecule has 1 aromatic heterocycles. The van der Waals surface area contributed by atoms with Gasteiger partial charge in [0.15, 0.2) is 0 Å². The lowest BCUT2D eigenvalue weighted by Crippen LogP contribution is -2.49. The second-order valence-electron chi connectivity index (χ2n) is 7.39. The Morgan fingerprint density at radius 1 is 0.967 bits per heavy atom. The van der Waals surface area contributed by atoms with Crippen molar-refractivity contribution in [2.24, 2.45) is 0 Å². The molecule has 2 aromatic carbocycles. The topological polar surface area (TPSA) is 86.2 Å². The Morgan fingerprint density at radius 2 is 1.70 bits per heavy atom. The molecule has 4 rings (SSSR count). The van der Waals surface area contributed by atoms with Crippen LogP contribution in [0.5, 0.6) is 0 Å². The number of pyridine rings is 1. The smallest absolute Gasteiger partial charge is 0.255 e. The number of rotatable bonds is 4. The molecule has 6 heteroatoms. The number of nitrogens with two attached hydrogens (primary N) is 1. The maximum atomic E-state index is 12.8. The van der Waals surface area contributed by atoms with Crippen LogP contribution in [0.1, 0.15) is 33.1 Å². The molecule has 1 aliphatic heterocycles. The third kappa shape index (κ3) is 4.17. The number of nitriles is 1. The Kier molecular flexibility index (Phi) is 5.73. The molecular formula is C24H23N5O. The van der Waals surface area contributed by atoms with E-state index in [2.05, 4.69) is 34.2 Å². The molecule has 0 spiro atoms. The Morgan fingerprint density at radius 3 is 2.40 bits per heavy atom. The molecule has 6 nitrogen and oxygen atoms in total. The number of hydrogen-bond donors (Lipinski definition) is 1. The molecule has 1 saturated heterocycles. The zero-order valence-corrected chi connectivity index (χ0v) is 16.6. The molecule has 0 aliphatic carbocycles. The molecule has 2 heterocycles. The highest BCUT2D eigenvalue weighted by molar-refractivity contribution is 5.94. The quantitative estimate of drug-likeness (QED) is 0.731. The highest BCUT2D eigenvalue weighted by Crippen LogP contribution is 2.30. The van der Waals surface area contributed by atoms with Gasteiger partial charge in [0, 0.05) is 38.6 Å². The first-order chi connectivity index (χ1) is 14.7. The molecule has 30 heavy (non-hydrogen) atoms. The number of nitrogens with zero attached hydrogens (tertiary/aromatic N) is 4. The van der Waals surface area contributed by atoms with Crippen molar-refractivity contribution in [3.05, 3.63) is 95.3 Å². The molecule has 0 bridgehead atoms. The monoisotopic (exact) mass is 397 g/mol. The zero-order chi connectivity index (χ0) is 20.9. The van der Waals surface area contributed by atoms with Crippen LogP contribution in [0, 0.1) is 11.3 Å². The summed E-state index contributed by atoms with van der Waals surface area (Å²) < 4.78 is 0. The second-order valence-corrected chi connectivity index (χ2v) is 7.39. The van der Waals surface area contributed by atoms with E-state index < -0.39 is 0 Å². The van der Waals surface area contributed by atoms with Crippen molar-refractivity contribution >= 4 is 11.6 Å². The molecular weight excluding hydrogens is 374 g/mol. The van der Waals surface area contributed by atoms with Gasteiger partial charge < -0.3 is 10.6 Å². The van der Waals surface area contributed by atoms with Gasteiger partial charge in [0.25, 0.3) is 5.91 Å². The van der Waals surface area contributed by atoms with Crippen molar-refractivity contribution in [3.63, 3.8) is 0 Å². The molecule has 1 amide bonds. The number of nitrogen functional groups attached to an aromatic ring is 1. The van der Waals surface area contributed by atoms with Gasteiger partial charge in [0.05, 0.1) is 28.9 Å². The van der Waals surface area contributed by atoms with Crippen molar-refractivity contribution in [1.29, 1.82) is 5.26 Å². The van der Waals surface area contributed by atoms with Crippen molar-refractivity contribution in [2.45, 2.75) is 6.04 Å². The van der Waals surface area contributed by atoms with E-state index in [1.807, 2.05) is 41.3 Å². The lowest BCUT2D eigenvalue weighted by molar-refractivity contribution is 0.0597. The SMILES string of the molecule is N#Cc1cccc([C@H](c2ccccc2)N2CCN(C(=O)c3cncc(N)c3)CC2)c1. The van der Waals surface area contributed by atoms with Gasteiger partial charge >= 0.3 is 0 Å². The fourth-order valence-corrected chi connectivity index (χ4v) is 3.97. The highest BCUT2D eigenvalue weighted by atomic mass is 16.2. The van der Waals surface area contributed by atoms with Gasteiger partial charge in [-0.05, 0) is 29.3 Å². The first-order valence-corrected chi connectivity index (χ1v) is 9.94. The van der Waals surface area contributed by atoms with Crippen LogP contribution in [0.25, 0.3) is 0 Å². The number of carbonyl (C=O) groups excluding carboxylic acids is 1. The van der Waals surface area contributed by atoms with Crippen LogP contribution in [0.4, 0.5) is 5.69 Å². The maximum absolute atomic E-state index is 12.8. The van der Waals surface area contributed by atoms with Crippen molar-refractivity contribution in [2.75, 3.05) is 31.9 Å². The van der Waals surface area contributed by atoms with Gasteiger partial charge in [-0.15, -0.1) is 0 Å². The number of amides is 1. The van der Waals surface area contributed by atoms with E-state index in [-0.39, 0.29) is 11.9 Å². The molecule has 0 unspecified atom stereocenters. The number of hydrogen-bond acceptors (Lipinski definition) is 5. The van der Waals surface area contributed by atoms with E-state index in [0.717, 1.165) is 18.7 Å². The Labute approximate surface area is 176 Å². The first-order valence-electron chi connectivity index (χ1n) is 9.94. The first kappa shape index (κ1) is 19.6. The van der Waals surface area contributed by atoms with Crippen LogP contribution in [0.15, 0.2) is 73.1 Å². The predicted octanol–water partition coefficient (Wildman–Crippen LogP) is 3.08. The van der Waals surface area contributed by atoms with Crippen LogP contribution < -0.4 is 5.73 Å². The normalized spacial score (nSPS) is 15.4. The third-order valence-corrected chi connectivity index (χ3v) is 5.42. The molecule has 2 N–H and O–H groups in total. The van der Waals surface area contributed by atoms with E-state index in [0.29, 0.717) is 29.9 Å². The molecule has 1 fully saturated rings. The molecule has 0 saturated carbocycles. The molecule has 3 aromatic rings. The number of carbonyl (C=O) groups is 1. The highest BCUT2D eigenvalue weighted by Gasteiger charge is 2.28. The fraction of sp³-hybridized carbons (Fsp3) is 0.208. The third-order valence-electron chi connectivity index (χ3n) is 5.42. The summed E-state index contributed by atoms with van der Waals surface area (Å²) in [5.41, 5.74) is 9.69. The van der Waals surface area contributed by atoms with E-state index in [4.69, 9.17) is 5.73 Å². The standard InChI is InChI=1S/C24H23N5O/c25-15-18-5-4-8-20(13-18)23(19-6-2-1-3-7-19)28-9-11-29(12-10-28)24(30)21-14-22(26)17-27-16-21/h1-8,13-14,16-17,23H,9-12,26H2/t23-/m0/s1. The summed E-state index contributed by atoms with van der Waals surface area (Å²) in [6.07, 6.45) is 3.10. The van der Waals surface area contributed by atoms with Gasteiger partial charge in [-0.1, -0.05) is 42.5 Å². The van der Waals surface area contributed by atoms with E-state index in [1.165, 1.54) is 11.8 Å². The Hall–Kier alpha value is -3.69. The van der Waals surface area contributed by atoms with Crippen LogP contribution in [-0.4, -0.2) is 46.9 Å². The summed E-state index contributed by atoms with van der Waals surface area (Å²) in [6, 6.07) is 22.0. The summed E-state index contributed by atoms with van der Waals surface area (Å²) in [4.78, 5) is 21.1. The minimum Gasteiger partial charge on any atom is -0.397 e. The van der Waals surface area contributed by atoms with Gasteiger partial charge in [0.1, 0.15) is 0 Å². The number of anilines is 1. The van der Waals surface area contributed by atoms with Gasteiger partial charge in [-0.25, -0.2) is 0 Å². The summed E-state index contributed by atoms with van der Waals surface area (Å²) in [5, 5.41) is 9.33. The minimum atomic E-state index is -0.0443. The van der Waals surface area contributed by atoms with Crippen LogP contribution >= 0.6 is 0 Å². The van der Waals surface area contributed by atoms with Gasteiger partial charge in [-0.2, -0.15) is 5.26 Å². The van der Waals surface area contributed by atoms with Crippen molar-refractivity contribution < 1.29 is 4.79 Å². The lowest BCUT2D eigenvalue weighted by atomic mass is 9.95. The summed E-state index contributed by atoms with van der Waals surface area (Å²) in [5.74, 6) is -0.0443. The summed E-state index contributed by atoms with van der Waals surface area (Å²) >= 11 is 0. The molecule has 0 radical (unpaired) electrons. The number of aromatic nitrogens is 1. The maximum Gasteiger partial charge on any atom is 0.255 e. The molecule has 1 atom stereocenters. The van der Waals surface area contributed by atoms with Crippen LogP contribution in [-0.2, 0) is 0 Å². The van der Waals surface area contributed by atoms with Crippen LogP contribution in [0.3, 0.4) is 0 Å². The summed E-state index contributed by atoms with van der Waals surface area (Å²) in [6.45, 7) is 2.71. The largest absolute Gasteiger partial charge is 0.397 e. The molecule has 150 valence electrons. The van der Waals surface area contributed by atoms with Crippen molar-refractivity contribution in [1.82, 2.24) is 14.8 Å². The lowest BCUT2D eigenvalue weighted by Gasteiger charge is -2.39. The second kappa shape index (κ2) is 8.76.